The number of rotatable bonds is 4. The first-order valence-electron chi connectivity index (χ1n) is 6.42. The predicted octanol–water partition coefficient (Wildman–Crippen LogP) is 3.23. The lowest BCUT2D eigenvalue weighted by Gasteiger charge is -2.01. The van der Waals surface area contributed by atoms with Gasteiger partial charge in [0.1, 0.15) is 11.6 Å². The van der Waals surface area contributed by atoms with E-state index in [0.717, 1.165) is 5.56 Å². The number of hydrogen-bond acceptors (Lipinski definition) is 4. The lowest BCUT2D eigenvalue weighted by atomic mass is 10.1. The van der Waals surface area contributed by atoms with Crippen LogP contribution in [-0.2, 0) is 9.53 Å². The van der Waals surface area contributed by atoms with Crippen molar-refractivity contribution in [3.63, 3.8) is 0 Å². The van der Waals surface area contributed by atoms with Crippen LogP contribution in [0.25, 0.3) is 6.08 Å². The Hall–Kier alpha value is -2.95. The SMILES string of the molecule is COC(=O)c1ccc(/C=C/C(=O)Oc2ccc(F)cc2)cc1. The van der Waals surface area contributed by atoms with Gasteiger partial charge in [-0.2, -0.15) is 0 Å². The second-order valence-electron chi connectivity index (χ2n) is 4.32. The number of carbonyl (C=O) groups is 2. The Morgan fingerprint density at radius 3 is 2.23 bits per heavy atom. The van der Waals surface area contributed by atoms with Crippen LogP contribution in [0.15, 0.2) is 54.6 Å². The Bertz CT molecular complexity index is 688. The van der Waals surface area contributed by atoms with Crippen molar-refractivity contribution in [2.75, 3.05) is 7.11 Å². The van der Waals surface area contributed by atoms with Crippen LogP contribution < -0.4 is 4.74 Å². The third-order valence-electron chi connectivity index (χ3n) is 2.78. The summed E-state index contributed by atoms with van der Waals surface area (Å²) < 4.78 is 22.3. The van der Waals surface area contributed by atoms with Gasteiger partial charge in [-0.05, 0) is 48.0 Å². The summed E-state index contributed by atoms with van der Waals surface area (Å²) >= 11 is 0. The summed E-state index contributed by atoms with van der Waals surface area (Å²) in [5.74, 6) is -1.15. The summed E-state index contributed by atoms with van der Waals surface area (Å²) in [5, 5.41) is 0. The molecule has 0 saturated heterocycles. The molecular weight excluding hydrogens is 287 g/mol. The highest BCUT2D eigenvalue weighted by Crippen LogP contribution is 2.12. The fourth-order valence-electron chi connectivity index (χ4n) is 1.67. The van der Waals surface area contributed by atoms with Crippen molar-refractivity contribution in [2.45, 2.75) is 0 Å². The number of benzene rings is 2. The molecule has 0 aliphatic rings. The van der Waals surface area contributed by atoms with Crippen LogP contribution in [0.3, 0.4) is 0 Å². The molecule has 4 nitrogen and oxygen atoms in total. The van der Waals surface area contributed by atoms with Crippen molar-refractivity contribution in [1.82, 2.24) is 0 Å². The summed E-state index contributed by atoms with van der Waals surface area (Å²) in [5.41, 5.74) is 1.15. The summed E-state index contributed by atoms with van der Waals surface area (Å²) in [7, 11) is 1.31. The second-order valence-corrected chi connectivity index (χ2v) is 4.32. The van der Waals surface area contributed by atoms with Crippen LogP contribution in [0.5, 0.6) is 5.75 Å². The van der Waals surface area contributed by atoms with Crippen LogP contribution >= 0.6 is 0 Å². The molecular formula is C17H13FO4. The first-order valence-corrected chi connectivity index (χ1v) is 6.42. The molecule has 0 fully saturated rings. The van der Waals surface area contributed by atoms with E-state index in [1.165, 1.54) is 37.5 Å². The highest BCUT2D eigenvalue weighted by atomic mass is 19.1. The van der Waals surface area contributed by atoms with Gasteiger partial charge in [0, 0.05) is 6.08 Å². The zero-order valence-corrected chi connectivity index (χ0v) is 11.8. The standard InChI is InChI=1S/C17H13FO4/c1-21-17(20)13-5-2-12(3-6-13)4-11-16(19)22-15-9-7-14(18)8-10-15/h2-11H,1H3/b11-4+. The molecule has 0 amide bonds. The zero-order chi connectivity index (χ0) is 15.9. The van der Waals surface area contributed by atoms with Crippen molar-refractivity contribution in [1.29, 1.82) is 0 Å². The molecule has 0 heterocycles. The Morgan fingerprint density at radius 1 is 1.00 bits per heavy atom. The highest BCUT2D eigenvalue weighted by Gasteiger charge is 2.04. The predicted molar refractivity (Wildman–Crippen MR) is 78.9 cm³/mol. The van der Waals surface area contributed by atoms with Crippen LogP contribution in [0.1, 0.15) is 15.9 Å². The first-order chi connectivity index (χ1) is 10.6. The molecule has 0 aromatic heterocycles. The van der Waals surface area contributed by atoms with E-state index in [9.17, 15) is 14.0 Å². The van der Waals surface area contributed by atoms with Gasteiger partial charge >= 0.3 is 11.9 Å². The Kier molecular flexibility index (Phi) is 5.03. The Balaban J connectivity index is 1.97. The largest absolute Gasteiger partial charge is 0.465 e. The molecule has 0 atom stereocenters. The number of hydrogen-bond donors (Lipinski definition) is 0. The maximum Gasteiger partial charge on any atom is 0.337 e. The third kappa shape index (κ3) is 4.28. The van der Waals surface area contributed by atoms with Crippen molar-refractivity contribution < 1.29 is 23.5 Å². The van der Waals surface area contributed by atoms with Crippen molar-refractivity contribution in [2.24, 2.45) is 0 Å². The van der Waals surface area contributed by atoms with Crippen LogP contribution in [-0.4, -0.2) is 19.0 Å². The van der Waals surface area contributed by atoms with Gasteiger partial charge < -0.3 is 9.47 Å². The van der Waals surface area contributed by atoms with E-state index >= 15 is 0 Å². The molecule has 22 heavy (non-hydrogen) atoms. The zero-order valence-electron chi connectivity index (χ0n) is 11.8. The quantitative estimate of drug-likeness (QED) is 0.494. The van der Waals surface area contributed by atoms with Gasteiger partial charge in [0.25, 0.3) is 0 Å². The second kappa shape index (κ2) is 7.17. The van der Waals surface area contributed by atoms with Crippen molar-refractivity contribution in [3.8, 4) is 5.75 Å². The van der Waals surface area contributed by atoms with E-state index in [-0.39, 0.29) is 5.75 Å². The maximum absolute atomic E-state index is 12.7. The third-order valence-corrected chi connectivity index (χ3v) is 2.78. The fraction of sp³-hybridized carbons (Fsp3) is 0.0588. The Labute approximate surface area is 126 Å². The molecule has 0 saturated carbocycles. The molecule has 5 heteroatoms. The van der Waals surface area contributed by atoms with Gasteiger partial charge in [-0.15, -0.1) is 0 Å². The Morgan fingerprint density at radius 2 is 1.64 bits per heavy atom. The van der Waals surface area contributed by atoms with Crippen LogP contribution in [0.4, 0.5) is 4.39 Å². The normalized spacial score (nSPS) is 10.5. The molecule has 0 unspecified atom stereocenters. The lowest BCUT2D eigenvalue weighted by molar-refractivity contribution is -0.128. The van der Waals surface area contributed by atoms with E-state index in [0.29, 0.717) is 5.56 Å². The smallest absolute Gasteiger partial charge is 0.337 e. The van der Waals surface area contributed by atoms with E-state index in [1.807, 2.05) is 0 Å². The molecule has 0 radical (unpaired) electrons. The molecule has 2 rings (SSSR count). The number of methoxy groups -OCH3 is 1. The molecule has 0 aliphatic heterocycles. The number of ether oxygens (including phenoxy) is 2. The summed E-state index contributed by atoms with van der Waals surface area (Å²) in [6, 6.07) is 11.7. The number of halogens is 1. The van der Waals surface area contributed by atoms with E-state index in [4.69, 9.17) is 4.74 Å². The number of carbonyl (C=O) groups excluding carboxylic acids is 2. The lowest BCUT2D eigenvalue weighted by Crippen LogP contribution is -2.03. The molecule has 0 N–H and O–H groups in total. The summed E-state index contributed by atoms with van der Waals surface area (Å²) in [6.45, 7) is 0. The van der Waals surface area contributed by atoms with Crippen LogP contribution in [0.2, 0.25) is 0 Å². The minimum Gasteiger partial charge on any atom is -0.465 e. The molecule has 112 valence electrons. The van der Waals surface area contributed by atoms with E-state index in [2.05, 4.69) is 4.74 Å². The topological polar surface area (TPSA) is 52.6 Å². The minimum absolute atomic E-state index is 0.261. The van der Waals surface area contributed by atoms with Gasteiger partial charge in [-0.1, -0.05) is 12.1 Å². The maximum atomic E-state index is 12.7. The van der Waals surface area contributed by atoms with Crippen molar-refractivity contribution in [3.05, 3.63) is 71.6 Å². The van der Waals surface area contributed by atoms with Gasteiger partial charge in [0.15, 0.2) is 0 Å². The summed E-state index contributed by atoms with van der Waals surface area (Å²) in [6.07, 6.45) is 2.80. The molecule has 0 aliphatic carbocycles. The molecule has 2 aromatic carbocycles. The summed E-state index contributed by atoms with van der Waals surface area (Å²) in [4.78, 5) is 22.9. The van der Waals surface area contributed by atoms with Crippen molar-refractivity contribution >= 4 is 18.0 Å². The average Bonchev–Trinajstić information content (AvgIpc) is 2.55. The van der Waals surface area contributed by atoms with Gasteiger partial charge in [-0.25, -0.2) is 14.0 Å². The van der Waals surface area contributed by atoms with E-state index in [1.54, 1.807) is 30.3 Å². The monoisotopic (exact) mass is 300 g/mol. The number of esters is 2. The van der Waals surface area contributed by atoms with Crippen LogP contribution in [0, 0.1) is 5.82 Å². The average molecular weight is 300 g/mol. The first kappa shape index (κ1) is 15.4. The highest BCUT2D eigenvalue weighted by molar-refractivity contribution is 5.90. The molecule has 0 spiro atoms. The van der Waals surface area contributed by atoms with Gasteiger partial charge in [0.2, 0.25) is 0 Å². The molecule has 0 bridgehead atoms. The molecule has 2 aromatic rings. The minimum atomic E-state index is -0.580. The van der Waals surface area contributed by atoms with E-state index < -0.39 is 17.8 Å². The fourth-order valence-corrected chi connectivity index (χ4v) is 1.67. The van der Waals surface area contributed by atoms with Gasteiger partial charge in [0.05, 0.1) is 12.7 Å². The van der Waals surface area contributed by atoms with Gasteiger partial charge in [-0.3, -0.25) is 0 Å².